The third-order valence-electron chi connectivity index (χ3n) is 3.51. The number of hydrogen-bond donors (Lipinski definition) is 2. The Kier molecular flexibility index (Phi) is 3.39. The highest BCUT2D eigenvalue weighted by Crippen LogP contribution is 2.25. The van der Waals surface area contributed by atoms with Gasteiger partial charge in [-0.1, -0.05) is 18.2 Å². The van der Waals surface area contributed by atoms with Gasteiger partial charge in [-0.2, -0.15) is 0 Å². The number of benzene rings is 2. The van der Waals surface area contributed by atoms with Crippen molar-refractivity contribution < 1.29 is 4.42 Å². The smallest absolute Gasteiger partial charge is 0.181 e. The summed E-state index contributed by atoms with van der Waals surface area (Å²) >= 11 is 0. The molecular formula is C16H17N3O. The zero-order chi connectivity index (χ0) is 13.9. The van der Waals surface area contributed by atoms with E-state index in [1.165, 1.54) is 12.0 Å². The van der Waals surface area contributed by atoms with Crippen LogP contribution in [-0.4, -0.2) is 19.1 Å². The van der Waals surface area contributed by atoms with Gasteiger partial charge in [0.1, 0.15) is 5.52 Å². The second-order valence-electron chi connectivity index (χ2n) is 4.67. The average Bonchev–Trinajstić information content (AvgIpc) is 2.96. The fraction of sp³-hybridized carbons (Fsp3) is 0.188. The summed E-state index contributed by atoms with van der Waals surface area (Å²) in [5.41, 5.74) is 5.18. The van der Waals surface area contributed by atoms with Gasteiger partial charge in [-0.05, 0) is 42.4 Å². The number of fused-ring (bicyclic) bond motifs is 1. The fourth-order valence-corrected chi connectivity index (χ4v) is 2.42. The molecule has 102 valence electrons. The Morgan fingerprint density at radius 2 is 1.75 bits per heavy atom. The molecule has 1 atom stereocenters. The van der Waals surface area contributed by atoms with E-state index in [2.05, 4.69) is 45.9 Å². The molecule has 2 aromatic carbocycles. The Labute approximate surface area is 117 Å². The summed E-state index contributed by atoms with van der Waals surface area (Å²) in [5, 5.41) is 6.47. The van der Waals surface area contributed by atoms with Crippen LogP contribution >= 0.6 is 0 Å². The lowest BCUT2D eigenvalue weighted by atomic mass is 9.98. The van der Waals surface area contributed by atoms with Crippen molar-refractivity contribution in [3.63, 3.8) is 0 Å². The Morgan fingerprint density at radius 1 is 1.00 bits per heavy atom. The molecule has 1 unspecified atom stereocenters. The molecule has 0 aliphatic rings. The van der Waals surface area contributed by atoms with Gasteiger partial charge in [-0.15, -0.1) is 0 Å². The second kappa shape index (κ2) is 5.35. The molecule has 3 rings (SSSR count). The van der Waals surface area contributed by atoms with Crippen LogP contribution in [0.3, 0.4) is 0 Å². The zero-order valence-electron chi connectivity index (χ0n) is 11.6. The largest absolute Gasteiger partial charge is 0.443 e. The van der Waals surface area contributed by atoms with Crippen molar-refractivity contribution in [1.29, 1.82) is 0 Å². The topological polar surface area (TPSA) is 50.1 Å². The molecular weight excluding hydrogens is 250 g/mol. The second-order valence-corrected chi connectivity index (χ2v) is 4.67. The number of oxazole rings is 1. The van der Waals surface area contributed by atoms with Crippen molar-refractivity contribution in [2.75, 3.05) is 19.4 Å². The molecule has 0 fully saturated rings. The van der Waals surface area contributed by atoms with Gasteiger partial charge in [0.2, 0.25) is 0 Å². The molecule has 1 heterocycles. The van der Waals surface area contributed by atoms with E-state index < -0.39 is 0 Å². The van der Waals surface area contributed by atoms with Gasteiger partial charge < -0.3 is 15.1 Å². The predicted molar refractivity (Wildman–Crippen MR) is 80.9 cm³/mol. The average molecular weight is 267 g/mol. The van der Waals surface area contributed by atoms with Gasteiger partial charge in [0, 0.05) is 12.7 Å². The standard InChI is InChI=1S/C16H17N3O/c1-17-13-6-3-11(4-7-13)16(18-2)12-5-8-14-15(9-12)20-10-19-14/h3-10,16-18H,1-2H3. The Hall–Kier alpha value is -2.33. The van der Waals surface area contributed by atoms with Gasteiger partial charge in [-0.3, -0.25) is 0 Å². The predicted octanol–water partition coefficient (Wildman–Crippen LogP) is 3.18. The molecule has 20 heavy (non-hydrogen) atoms. The highest BCUT2D eigenvalue weighted by molar-refractivity contribution is 5.73. The van der Waals surface area contributed by atoms with E-state index in [1.54, 1.807) is 0 Å². The summed E-state index contributed by atoms with van der Waals surface area (Å²) < 4.78 is 5.38. The van der Waals surface area contributed by atoms with Crippen LogP contribution in [-0.2, 0) is 0 Å². The third kappa shape index (κ3) is 2.26. The van der Waals surface area contributed by atoms with Crippen LogP contribution in [0, 0.1) is 0 Å². The van der Waals surface area contributed by atoms with E-state index in [9.17, 15) is 0 Å². The van der Waals surface area contributed by atoms with Crippen LogP contribution in [0.4, 0.5) is 5.69 Å². The molecule has 0 aliphatic carbocycles. The summed E-state index contributed by atoms with van der Waals surface area (Å²) in [6.45, 7) is 0. The van der Waals surface area contributed by atoms with Gasteiger partial charge in [0.15, 0.2) is 12.0 Å². The molecule has 0 amide bonds. The molecule has 0 bridgehead atoms. The van der Waals surface area contributed by atoms with Crippen molar-refractivity contribution in [2.24, 2.45) is 0 Å². The molecule has 4 nitrogen and oxygen atoms in total. The van der Waals surface area contributed by atoms with E-state index in [0.29, 0.717) is 0 Å². The van der Waals surface area contributed by atoms with E-state index in [1.807, 2.05) is 26.2 Å². The molecule has 0 radical (unpaired) electrons. The first-order chi connectivity index (χ1) is 9.81. The first-order valence-electron chi connectivity index (χ1n) is 6.60. The van der Waals surface area contributed by atoms with Crippen LogP contribution in [0.5, 0.6) is 0 Å². The number of rotatable bonds is 4. The maximum atomic E-state index is 5.38. The maximum Gasteiger partial charge on any atom is 0.181 e. The van der Waals surface area contributed by atoms with E-state index >= 15 is 0 Å². The van der Waals surface area contributed by atoms with Crippen LogP contribution in [0.1, 0.15) is 17.2 Å². The number of aromatic nitrogens is 1. The Balaban J connectivity index is 1.98. The van der Waals surface area contributed by atoms with Gasteiger partial charge in [-0.25, -0.2) is 4.98 Å². The fourth-order valence-electron chi connectivity index (χ4n) is 2.42. The minimum atomic E-state index is 0.135. The highest BCUT2D eigenvalue weighted by atomic mass is 16.3. The summed E-state index contributed by atoms with van der Waals surface area (Å²) in [6, 6.07) is 14.6. The van der Waals surface area contributed by atoms with Crippen molar-refractivity contribution in [1.82, 2.24) is 10.3 Å². The highest BCUT2D eigenvalue weighted by Gasteiger charge is 2.13. The van der Waals surface area contributed by atoms with Crippen molar-refractivity contribution in [3.8, 4) is 0 Å². The number of nitrogens with zero attached hydrogens (tertiary/aromatic N) is 1. The normalized spacial score (nSPS) is 12.5. The Bertz CT molecular complexity index is 703. The molecule has 0 saturated heterocycles. The van der Waals surface area contributed by atoms with Crippen LogP contribution in [0.2, 0.25) is 0 Å². The third-order valence-corrected chi connectivity index (χ3v) is 3.51. The summed E-state index contributed by atoms with van der Waals surface area (Å²) in [4.78, 5) is 4.15. The van der Waals surface area contributed by atoms with Gasteiger partial charge in [0.25, 0.3) is 0 Å². The summed E-state index contributed by atoms with van der Waals surface area (Å²) in [6.07, 6.45) is 1.48. The SMILES string of the molecule is CNc1ccc(C(NC)c2ccc3ncoc3c2)cc1. The lowest BCUT2D eigenvalue weighted by Gasteiger charge is -2.17. The van der Waals surface area contributed by atoms with E-state index in [-0.39, 0.29) is 6.04 Å². The number of anilines is 1. The monoisotopic (exact) mass is 267 g/mol. The van der Waals surface area contributed by atoms with Crippen molar-refractivity contribution >= 4 is 16.8 Å². The summed E-state index contributed by atoms with van der Waals surface area (Å²) in [7, 11) is 3.88. The zero-order valence-corrected chi connectivity index (χ0v) is 11.6. The van der Waals surface area contributed by atoms with Crippen LogP contribution in [0.25, 0.3) is 11.1 Å². The first-order valence-corrected chi connectivity index (χ1v) is 6.60. The molecule has 0 spiro atoms. The molecule has 4 heteroatoms. The molecule has 0 saturated carbocycles. The van der Waals surface area contributed by atoms with Gasteiger partial charge >= 0.3 is 0 Å². The minimum absolute atomic E-state index is 0.135. The lowest BCUT2D eigenvalue weighted by molar-refractivity contribution is 0.600. The quantitative estimate of drug-likeness (QED) is 0.762. The molecule has 0 aliphatic heterocycles. The number of nitrogens with one attached hydrogen (secondary N) is 2. The van der Waals surface area contributed by atoms with E-state index in [4.69, 9.17) is 4.42 Å². The molecule has 1 aromatic heterocycles. The minimum Gasteiger partial charge on any atom is -0.443 e. The molecule has 2 N–H and O–H groups in total. The lowest BCUT2D eigenvalue weighted by Crippen LogP contribution is -2.17. The van der Waals surface area contributed by atoms with Crippen molar-refractivity contribution in [3.05, 3.63) is 60.0 Å². The summed E-state index contributed by atoms with van der Waals surface area (Å²) in [5.74, 6) is 0. The first kappa shape index (κ1) is 12.7. The Morgan fingerprint density at radius 3 is 2.45 bits per heavy atom. The van der Waals surface area contributed by atoms with Crippen molar-refractivity contribution in [2.45, 2.75) is 6.04 Å². The van der Waals surface area contributed by atoms with Crippen LogP contribution < -0.4 is 10.6 Å². The maximum absolute atomic E-state index is 5.38. The van der Waals surface area contributed by atoms with Crippen LogP contribution in [0.15, 0.2) is 53.3 Å². The number of hydrogen-bond acceptors (Lipinski definition) is 4. The van der Waals surface area contributed by atoms with Gasteiger partial charge in [0.05, 0.1) is 6.04 Å². The van der Waals surface area contributed by atoms with E-state index in [0.717, 1.165) is 22.4 Å². The molecule has 3 aromatic rings.